The van der Waals surface area contributed by atoms with Crippen molar-refractivity contribution < 1.29 is 20.1 Å². The number of fused-ring (bicyclic) bond motifs is 1. The summed E-state index contributed by atoms with van der Waals surface area (Å²) >= 11 is 6.05. The van der Waals surface area contributed by atoms with Gasteiger partial charge in [0, 0.05) is 11.6 Å². The Bertz CT molecular complexity index is 602. The molecule has 0 radical (unpaired) electrons. The van der Waals surface area contributed by atoms with E-state index in [0.717, 1.165) is 5.39 Å². The largest absolute Gasteiger partial charge is 0.394 e. The van der Waals surface area contributed by atoms with Crippen LogP contribution < -0.4 is 0 Å². The van der Waals surface area contributed by atoms with Crippen molar-refractivity contribution in [3.63, 3.8) is 0 Å². The second kappa shape index (κ2) is 4.73. The molecule has 0 unspecified atom stereocenters. The molecule has 0 aliphatic carbocycles. The molecule has 1 aliphatic rings. The molecule has 102 valence electrons. The number of aliphatic hydroxyl groups excluding tert-OH is 3. The van der Waals surface area contributed by atoms with Crippen molar-refractivity contribution in [2.75, 3.05) is 6.61 Å². The molecule has 4 atom stereocenters. The standard InChI is InChI=1S/C12H13ClN2O4/c13-7-2-1-3-8-6(7)4-15(14-8)12-11(18)10(17)9(5-16)19-12/h1-4,9-12,16-18H,5H2/t9-,10-,11-,12-/m1/s1. The highest BCUT2D eigenvalue weighted by molar-refractivity contribution is 6.35. The maximum absolute atomic E-state index is 9.93. The van der Waals surface area contributed by atoms with Gasteiger partial charge in [-0.05, 0) is 12.1 Å². The van der Waals surface area contributed by atoms with Crippen LogP contribution in [0.3, 0.4) is 0 Å². The molecule has 3 N–H and O–H groups in total. The monoisotopic (exact) mass is 284 g/mol. The summed E-state index contributed by atoms with van der Waals surface area (Å²) in [5.41, 5.74) is 0.672. The lowest BCUT2D eigenvalue weighted by Crippen LogP contribution is -2.33. The van der Waals surface area contributed by atoms with Crippen LogP contribution in [0, 0.1) is 0 Å². The molecule has 19 heavy (non-hydrogen) atoms. The molecule has 7 heteroatoms. The maximum atomic E-state index is 9.93. The van der Waals surface area contributed by atoms with Gasteiger partial charge in [0.2, 0.25) is 0 Å². The van der Waals surface area contributed by atoms with E-state index in [0.29, 0.717) is 10.5 Å². The molecule has 1 saturated heterocycles. The van der Waals surface area contributed by atoms with Gasteiger partial charge in [-0.15, -0.1) is 0 Å². The Kier molecular flexibility index (Phi) is 3.20. The van der Waals surface area contributed by atoms with Crippen molar-refractivity contribution in [2.24, 2.45) is 0 Å². The third-order valence-corrected chi connectivity index (χ3v) is 3.62. The van der Waals surface area contributed by atoms with Crippen LogP contribution in [-0.2, 0) is 4.74 Å². The predicted octanol–water partition coefficient (Wildman–Crippen LogP) is 0.301. The molecule has 0 saturated carbocycles. The zero-order valence-electron chi connectivity index (χ0n) is 9.85. The highest BCUT2D eigenvalue weighted by Crippen LogP contribution is 2.31. The van der Waals surface area contributed by atoms with Gasteiger partial charge in [-0.2, -0.15) is 5.10 Å². The van der Waals surface area contributed by atoms with E-state index in [1.807, 2.05) is 0 Å². The van der Waals surface area contributed by atoms with E-state index in [2.05, 4.69) is 5.10 Å². The lowest BCUT2D eigenvalue weighted by atomic mass is 10.1. The first-order valence-electron chi connectivity index (χ1n) is 5.87. The smallest absolute Gasteiger partial charge is 0.179 e. The fraction of sp³-hybridized carbons (Fsp3) is 0.417. The van der Waals surface area contributed by atoms with Gasteiger partial charge in [0.15, 0.2) is 6.23 Å². The third kappa shape index (κ3) is 2.01. The Morgan fingerprint density at radius 2 is 2.11 bits per heavy atom. The summed E-state index contributed by atoms with van der Waals surface area (Å²) in [6.45, 7) is -0.365. The zero-order chi connectivity index (χ0) is 13.6. The van der Waals surface area contributed by atoms with Gasteiger partial charge < -0.3 is 20.1 Å². The topological polar surface area (TPSA) is 87.7 Å². The van der Waals surface area contributed by atoms with Gasteiger partial charge in [0.05, 0.1) is 17.1 Å². The minimum Gasteiger partial charge on any atom is -0.394 e. The molecule has 0 amide bonds. The van der Waals surface area contributed by atoms with Crippen LogP contribution in [-0.4, -0.2) is 50.0 Å². The molecule has 1 aromatic carbocycles. The Morgan fingerprint density at radius 1 is 1.32 bits per heavy atom. The molecule has 6 nitrogen and oxygen atoms in total. The second-order valence-electron chi connectivity index (χ2n) is 4.51. The molecule has 2 heterocycles. The summed E-state index contributed by atoms with van der Waals surface area (Å²) in [7, 11) is 0. The Labute approximate surface area is 113 Å². The molecule has 3 rings (SSSR count). The zero-order valence-corrected chi connectivity index (χ0v) is 10.6. The van der Waals surface area contributed by atoms with Crippen LogP contribution in [0.2, 0.25) is 5.02 Å². The van der Waals surface area contributed by atoms with Gasteiger partial charge in [0.1, 0.15) is 18.3 Å². The van der Waals surface area contributed by atoms with Crippen molar-refractivity contribution >= 4 is 22.5 Å². The molecule has 1 aliphatic heterocycles. The van der Waals surface area contributed by atoms with Crippen LogP contribution in [0.1, 0.15) is 6.23 Å². The lowest BCUT2D eigenvalue weighted by molar-refractivity contribution is -0.0582. The minimum absolute atomic E-state index is 0.365. The van der Waals surface area contributed by atoms with Crippen LogP contribution in [0.5, 0.6) is 0 Å². The van der Waals surface area contributed by atoms with Gasteiger partial charge in [-0.3, -0.25) is 0 Å². The molecule has 2 aromatic rings. The minimum atomic E-state index is -1.15. The number of aromatic nitrogens is 2. The summed E-state index contributed by atoms with van der Waals surface area (Å²) < 4.78 is 6.81. The predicted molar refractivity (Wildman–Crippen MR) is 67.8 cm³/mol. The average molecular weight is 285 g/mol. The molecular weight excluding hydrogens is 272 g/mol. The Balaban J connectivity index is 1.99. The fourth-order valence-corrected chi connectivity index (χ4v) is 2.47. The summed E-state index contributed by atoms with van der Waals surface area (Å²) in [6.07, 6.45) is -2.29. The van der Waals surface area contributed by atoms with Gasteiger partial charge >= 0.3 is 0 Å². The highest BCUT2D eigenvalue weighted by atomic mass is 35.5. The maximum Gasteiger partial charge on any atom is 0.179 e. The second-order valence-corrected chi connectivity index (χ2v) is 4.92. The fourth-order valence-electron chi connectivity index (χ4n) is 2.26. The van der Waals surface area contributed by atoms with Crippen molar-refractivity contribution in [1.29, 1.82) is 0 Å². The molecule has 1 aromatic heterocycles. The van der Waals surface area contributed by atoms with E-state index >= 15 is 0 Å². The summed E-state index contributed by atoms with van der Waals surface area (Å²) in [5.74, 6) is 0. The Morgan fingerprint density at radius 3 is 2.74 bits per heavy atom. The summed E-state index contributed by atoms with van der Waals surface area (Å²) in [6, 6.07) is 5.31. The van der Waals surface area contributed by atoms with E-state index in [1.165, 1.54) is 4.68 Å². The van der Waals surface area contributed by atoms with Crippen LogP contribution in [0.15, 0.2) is 24.4 Å². The van der Waals surface area contributed by atoms with E-state index < -0.39 is 24.5 Å². The number of benzene rings is 1. The van der Waals surface area contributed by atoms with Crippen LogP contribution >= 0.6 is 11.6 Å². The normalized spacial score (nSPS) is 31.2. The van der Waals surface area contributed by atoms with Crippen molar-refractivity contribution in [3.8, 4) is 0 Å². The van der Waals surface area contributed by atoms with Crippen molar-refractivity contribution in [1.82, 2.24) is 9.78 Å². The average Bonchev–Trinajstić information content (AvgIpc) is 2.94. The van der Waals surface area contributed by atoms with E-state index in [9.17, 15) is 10.2 Å². The number of hydrogen-bond acceptors (Lipinski definition) is 5. The van der Waals surface area contributed by atoms with Crippen LogP contribution in [0.25, 0.3) is 10.9 Å². The Hall–Kier alpha value is -1.18. The van der Waals surface area contributed by atoms with E-state index in [1.54, 1.807) is 24.4 Å². The molecule has 0 bridgehead atoms. The summed E-state index contributed by atoms with van der Waals surface area (Å²) in [4.78, 5) is 0. The van der Waals surface area contributed by atoms with Gasteiger partial charge in [0.25, 0.3) is 0 Å². The van der Waals surface area contributed by atoms with Crippen LogP contribution in [0.4, 0.5) is 0 Å². The van der Waals surface area contributed by atoms with Crippen molar-refractivity contribution in [2.45, 2.75) is 24.5 Å². The number of rotatable bonds is 2. The third-order valence-electron chi connectivity index (χ3n) is 3.29. The van der Waals surface area contributed by atoms with Gasteiger partial charge in [-0.1, -0.05) is 17.7 Å². The molecule has 0 spiro atoms. The number of hydrogen-bond donors (Lipinski definition) is 3. The number of nitrogens with zero attached hydrogens (tertiary/aromatic N) is 2. The first-order valence-corrected chi connectivity index (χ1v) is 6.25. The highest BCUT2D eigenvalue weighted by Gasteiger charge is 2.43. The quantitative estimate of drug-likeness (QED) is 0.738. The summed E-state index contributed by atoms with van der Waals surface area (Å²) in [5, 5.41) is 34.3. The van der Waals surface area contributed by atoms with Crippen molar-refractivity contribution in [3.05, 3.63) is 29.4 Å². The number of halogens is 1. The van der Waals surface area contributed by atoms with Gasteiger partial charge in [-0.25, -0.2) is 4.68 Å². The SMILES string of the molecule is OC[C@H]1O[C@@H](n2cc3c(Cl)cccc3n2)[C@H](O)[C@@H]1O. The number of aliphatic hydroxyl groups is 3. The first-order chi connectivity index (χ1) is 9.11. The first kappa shape index (κ1) is 12.8. The molecular formula is C12H13ClN2O4. The van der Waals surface area contributed by atoms with E-state index in [4.69, 9.17) is 21.4 Å². The number of ether oxygens (including phenoxy) is 1. The molecule has 1 fully saturated rings. The van der Waals surface area contributed by atoms with E-state index in [-0.39, 0.29) is 6.61 Å². The lowest BCUT2D eigenvalue weighted by Gasteiger charge is -2.14.